The number of ether oxygens (including phenoxy) is 1. The molecule has 0 aliphatic heterocycles. The fraction of sp³-hybridized carbons (Fsp3) is 0.429. The number of carbonyl (C=O) groups is 1. The second-order valence-electron chi connectivity index (χ2n) is 3.91. The number of likely N-dealkylation sites (N-methyl/N-ethyl adjacent to an activating group) is 1. The Balaban J connectivity index is 2.59. The number of hydrogen-bond acceptors (Lipinski definition) is 3. The second-order valence-corrected chi connectivity index (χ2v) is 3.91. The Bertz CT molecular complexity index is 420. The first-order chi connectivity index (χ1) is 8.71. The molecule has 0 radical (unpaired) electrons. The molecule has 0 bridgehead atoms. The molecule has 18 heavy (non-hydrogen) atoms. The van der Waals surface area contributed by atoms with E-state index in [1.165, 1.54) is 0 Å². The van der Waals surface area contributed by atoms with E-state index < -0.39 is 0 Å². The highest BCUT2D eigenvalue weighted by molar-refractivity contribution is 5.78. The lowest BCUT2D eigenvalue weighted by Crippen LogP contribution is -2.32. The predicted molar refractivity (Wildman–Crippen MR) is 69.2 cm³/mol. The molecule has 0 unspecified atom stereocenters. The van der Waals surface area contributed by atoms with Gasteiger partial charge in [0, 0.05) is 13.1 Å². The number of carbonyl (C=O) groups excluding carboxylic acids is 1. The SMILES string of the molecule is CCN(CCC#N)C(=O)Cc1ccc(OC)cc1. The van der Waals surface area contributed by atoms with Gasteiger partial charge in [0.2, 0.25) is 5.91 Å². The molecular formula is C14H18N2O2. The summed E-state index contributed by atoms with van der Waals surface area (Å²) in [6.07, 6.45) is 0.742. The van der Waals surface area contributed by atoms with Crippen LogP contribution >= 0.6 is 0 Å². The Labute approximate surface area is 108 Å². The molecule has 4 heteroatoms. The summed E-state index contributed by atoms with van der Waals surface area (Å²) in [6.45, 7) is 3.06. The molecule has 4 nitrogen and oxygen atoms in total. The molecule has 0 aliphatic carbocycles. The monoisotopic (exact) mass is 246 g/mol. The van der Waals surface area contributed by atoms with Gasteiger partial charge in [0.05, 0.1) is 26.0 Å². The highest BCUT2D eigenvalue weighted by Crippen LogP contribution is 2.12. The van der Waals surface area contributed by atoms with Gasteiger partial charge in [-0.1, -0.05) is 12.1 Å². The molecule has 0 saturated heterocycles. The van der Waals surface area contributed by atoms with E-state index in [1.807, 2.05) is 31.2 Å². The molecular weight excluding hydrogens is 228 g/mol. The highest BCUT2D eigenvalue weighted by atomic mass is 16.5. The van der Waals surface area contributed by atoms with E-state index in [0.717, 1.165) is 11.3 Å². The number of nitrogens with zero attached hydrogens (tertiary/aromatic N) is 2. The van der Waals surface area contributed by atoms with Crippen LogP contribution in [0.5, 0.6) is 5.75 Å². The van der Waals surface area contributed by atoms with Gasteiger partial charge >= 0.3 is 0 Å². The Morgan fingerprint density at radius 1 is 1.39 bits per heavy atom. The zero-order chi connectivity index (χ0) is 13.4. The number of benzene rings is 1. The molecule has 0 aromatic heterocycles. The fourth-order valence-corrected chi connectivity index (χ4v) is 1.67. The molecule has 0 atom stereocenters. The predicted octanol–water partition coefficient (Wildman–Crippen LogP) is 2.00. The lowest BCUT2D eigenvalue weighted by atomic mass is 10.1. The van der Waals surface area contributed by atoms with E-state index in [-0.39, 0.29) is 5.91 Å². The molecule has 0 heterocycles. The van der Waals surface area contributed by atoms with Gasteiger partial charge in [-0.25, -0.2) is 0 Å². The van der Waals surface area contributed by atoms with Crippen LogP contribution in [0.25, 0.3) is 0 Å². The molecule has 1 amide bonds. The molecule has 0 saturated carbocycles. The van der Waals surface area contributed by atoms with Crippen LogP contribution in [0.4, 0.5) is 0 Å². The Kier molecular flexibility index (Phi) is 5.72. The minimum atomic E-state index is 0.0536. The van der Waals surface area contributed by atoms with Gasteiger partial charge < -0.3 is 9.64 Å². The summed E-state index contributed by atoms with van der Waals surface area (Å²) in [4.78, 5) is 13.7. The minimum Gasteiger partial charge on any atom is -0.497 e. The molecule has 1 rings (SSSR count). The summed E-state index contributed by atoms with van der Waals surface area (Å²) < 4.78 is 5.06. The summed E-state index contributed by atoms with van der Waals surface area (Å²) in [5.41, 5.74) is 0.955. The van der Waals surface area contributed by atoms with Gasteiger partial charge in [0.25, 0.3) is 0 Å². The van der Waals surface area contributed by atoms with Crippen LogP contribution in [0.3, 0.4) is 0 Å². The topological polar surface area (TPSA) is 53.3 Å². The van der Waals surface area contributed by atoms with E-state index in [4.69, 9.17) is 10.00 Å². The Morgan fingerprint density at radius 2 is 2.06 bits per heavy atom. The lowest BCUT2D eigenvalue weighted by molar-refractivity contribution is -0.130. The van der Waals surface area contributed by atoms with Crippen molar-refractivity contribution in [2.75, 3.05) is 20.2 Å². The van der Waals surface area contributed by atoms with Crippen LogP contribution in [0.1, 0.15) is 18.9 Å². The average Bonchev–Trinajstić information content (AvgIpc) is 2.40. The van der Waals surface area contributed by atoms with Crippen LogP contribution in [0, 0.1) is 11.3 Å². The standard InChI is InChI=1S/C14H18N2O2/c1-3-16(10-4-9-15)14(17)11-12-5-7-13(18-2)8-6-12/h5-8H,3-4,10-11H2,1-2H3. The van der Waals surface area contributed by atoms with Crippen molar-refractivity contribution in [2.24, 2.45) is 0 Å². The van der Waals surface area contributed by atoms with Crippen LogP contribution in [-0.2, 0) is 11.2 Å². The van der Waals surface area contributed by atoms with Gasteiger partial charge in [0.15, 0.2) is 0 Å². The van der Waals surface area contributed by atoms with Crippen LogP contribution in [0.2, 0.25) is 0 Å². The first-order valence-corrected chi connectivity index (χ1v) is 5.99. The number of amides is 1. The van der Waals surface area contributed by atoms with Crippen molar-refractivity contribution in [2.45, 2.75) is 19.8 Å². The van der Waals surface area contributed by atoms with Gasteiger partial charge in [0.1, 0.15) is 5.75 Å². The van der Waals surface area contributed by atoms with E-state index >= 15 is 0 Å². The van der Waals surface area contributed by atoms with E-state index in [1.54, 1.807) is 12.0 Å². The van der Waals surface area contributed by atoms with Crippen molar-refractivity contribution in [3.05, 3.63) is 29.8 Å². The van der Waals surface area contributed by atoms with Crippen molar-refractivity contribution in [3.8, 4) is 11.8 Å². The van der Waals surface area contributed by atoms with Crippen molar-refractivity contribution in [1.29, 1.82) is 5.26 Å². The first kappa shape index (κ1) is 14.0. The minimum absolute atomic E-state index is 0.0536. The molecule has 0 spiro atoms. The molecule has 96 valence electrons. The lowest BCUT2D eigenvalue weighted by Gasteiger charge is -2.19. The quantitative estimate of drug-likeness (QED) is 0.771. The molecule has 1 aromatic rings. The summed E-state index contributed by atoms with van der Waals surface area (Å²) in [5, 5.41) is 8.54. The maximum absolute atomic E-state index is 12.0. The van der Waals surface area contributed by atoms with Crippen LogP contribution in [-0.4, -0.2) is 31.0 Å². The number of hydrogen-bond donors (Lipinski definition) is 0. The third kappa shape index (κ3) is 4.10. The number of nitriles is 1. The fourth-order valence-electron chi connectivity index (χ4n) is 1.67. The highest BCUT2D eigenvalue weighted by Gasteiger charge is 2.11. The Hall–Kier alpha value is -2.02. The molecule has 1 aromatic carbocycles. The van der Waals surface area contributed by atoms with Gasteiger partial charge in [-0.3, -0.25) is 4.79 Å². The first-order valence-electron chi connectivity index (χ1n) is 5.99. The van der Waals surface area contributed by atoms with Crippen molar-refractivity contribution < 1.29 is 9.53 Å². The zero-order valence-corrected chi connectivity index (χ0v) is 10.8. The number of rotatable bonds is 6. The molecule has 0 N–H and O–H groups in total. The van der Waals surface area contributed by atoms with E-state index in [9.17, 15) is 4.79 Å². The van der Waals surface area contributed by atoms with Gasteiger partial charge in [-0.05, 0) is 24.6 Å². The van der Waals surface area contributed by atoms with Gasteiger partial charge in [-0.2, -0.15) is 5.26 Å². The Morgan fingerprint density at radius 3 is 2.56 bits per heavy atom. The maximum Gasteiger partial charge on any atom is 0.227 e. The van der Waals surface area contributed by atoms with E-state index in [2.05, 4.69) is 6.07 Å². The largest absolute Gasteiger partial charge is 0.497 e. The van der Waals surface area contributed by atoms with Crippen molar-refractivity contribution in [3.63, 3.8) is 0 Å². The zero-order valence-electron chi connectivity index (χ0n) is 10.8. The molecule has 0 fully saturated rings. The van der Waals surface area contributed by atoms with Crippen LogP contribution < -0.4 is 4.74 Å². The summed E-state index contributed by atoms with van der Waals surface area (Å²) in [7, 11) is 1.61. The third-order valence-corrected chi connectivity index (χ3v) is 2.74. The summed E-state index contributed by atoms with van der Waals surface area (Å²) in [5.74, 6) is 0.834. The number of methoxy groups -OCH3 is 1. The third-order valence-electron chi connectivity index (χ3n) is 2.74. The summed E-state index contributed by atoms with van der Waals surface area (Å²) in [6, 6.07) is 9.51. The van der Waals surface area contributed by atoms with Crippen LogP contribution in [0.15, 0.2) is 24.3 Å². The normalized spacial score (nSPS) is 9.61. The van der Waals surface area contributed by atoms with E-state index in [0.29, 0.717) is 25.9 Å². The summed E-state index contributed by atoms with van der Waals surface area (Å²) >= 11 is 0. The van der Waals surface area contributed by atoms with Crippen molar-refractivity contribution in [1.82, 2.24) is 4.90 Å². The second kappa shape index (κ2) is 7.33. The molecule has 0 aliphatic rings. The van der Waals surface area contributed by atoms with Gasteiger partial charge in [-0.15, -0.1) is 0 Å². The van der Waals surface area contributed by atoms with Crippen molar-refractivity contribution >= 4 is 5.91 Å². The average molecular weight is 246 g/mol. The smallest absolute Gasteiger partial charge is 0.227 e. The maximum atomic E-state index is 12.0.